The fourth-order valence-corrected chi connectivity index (χ4v) is 2.23. The van der Waals surface area contributed by atoms with Gasteiger partial charge in [-0.05, 0) is 37.5 Å². The van der Waals surface area contributed by atoms with E-state index >= 15 is 0 Å². The monoisotopic (exact) mass is 237 g/mol. The molecule has 16 heavy (non-hydrogen) atoms. The van der Waals surface area contributed by atoms with Crippen molar-refractivity contribution in [3.05, 3.63) is 28.8 Å². The van der Waals surface area contributed by atoms with Crippen molar-refractivity contribution < 1.29 is 4.79 Å². The van der Waals surface area contributed by atoms with Gasteiger partial charge in [-0.15, -0.1) is 0 Å². The summed E-state index contributed by atoms with van der Waals surface area (Å²) in [7, 11) is 0. The van der Waals surface area contributed by atoms with Gasteiger partial charge in [0.25, 0.3) is 0 Å². The molecule has 0 atom stereocenters. The third-order valence-electron chi connectivity index (χ3n) is 3.10. The first-order valence-corrected chi connectivity index (χ1v) is 6.07. The number of rotatable bonds is 2. The Morgan fingerprint density at radius 3 is 2.69 bits per heavy atom. The summed E-state index contributed by atoms with van der Waals surface area (Å²) < 4.78 is 0. The van der Waals surface area contributed by atoms with E-state index in [0.29, 0.717) is 24.7 Å². The molecule has 0 unspecified atom stereocenters. The van der Waals surface area contributed by atoms with Gasteiger partial charge in [0.2, 0.25) is 0 Å². The second kappa shape index (κ2) is 4.88. The SMILES string of the molecule is Cc1ccc(Cl)cc1NC1CCC(=O)CC1. The molecule has 2 rings (SSSR count). The first-order chi connectivity index (χ1) is 7.65. The van der Waals surface area contributed by atoms with E-state index in [4.69, 9.17) is 11.6 Å². The predicted octanol–water partition coefficient (Wildman–Crippen LogP) is 3.57. The number of halogens is 1. The maximum atomic E-state index is 11.1. The molecule has 1 aromatic carbocycles. The minimum atomic E-state index is 0.390. The van der Waals surface area contributed by atoms with Crippen LogP contribution in [0.4, 0.5) is 5.69 Å². The Morgan fingerprint density at radius 2 is 2.00 bits per heavy atom. The number of carbonyl (C=O) groups is 1. The fourth-order valence-electron chi connectivity index (χ4n) is 2.05. The molecule has 0 amide bonds. The maximum absolute atomic E-state index is 11.1. The number of nitrogens with one attached hydrogen (secondary N) is 1. The summed E-state index contributed by atoms with van der Waals surface area (Å²) in [4.78, 5) is 11.1. The number of Topliss-reactive ketones (excluding diaryl/α,β-unsaturated/α-hetero) is 1. The van der Waals surface area contributed by atoms with E-state index in [1.54, 1.807) is 0 Å². The van der Waals surface area contributed by atoms with Crippen molar-refractivity contribution in [2.24, 2.45) is 0 Å². The van der Waals surface area contributed by atoms with Crippen molar-refractivity contribution >= 4 is 23.1 Å². The molecule has 1 saturated carbocycles. The molecule has 2 nitrogen and oxygen atoms in total. The molecule has 1 fully saturated rings. The summed E-state index contributed by atoms with van der Waals surface area (Å²) in [5.41, 5.74) is 2.29. The van der Waals surface area contributed by atoms with Gasteiger partial charge in [-0.3, -0.25) is 4.79 Å². The van der Waals surface area contributed by atoms with Gasteiger partial charge >= 0.3 is 0 Å². The Bertz CT molecular complexity index is 393. The molecule has 0 radical (unpaired) electrons. The maximum Gasteiger partial charge on any atom is 0.133 e. The molecule has 0 aliphatic heterocycles. The van der Waals surface area contributed by atoms with Gasteiger partial charge in [0, 0.05) is 29.6 Å². The highest BCUT2D eigenvalue weighted by Crippen LogP contribution is 2.24. The molecular weight excluding hydrogens is 222 g/mol. The van der Waals surface area contributed by atoms with E-state index in [0.717, 1.165) is 23.6 Å². The lowest BCUT2D eigenvalue weighted by Gasteiger charge is -2.24. The summed E-state index contributed by atoms with van der Waals surface area (Å²) >= 11 is 5.96. The van der Waals surface area contributed by atoms with E-state index in [1.807, 2.05) is 18.2 Å². The molecule has 1 N–H and O–H groups in total. The van der Waals surface area contributed by atoms with Gasteiger partial charge in [0.05, 0.1) is 0 Å². The Kier molecular flexibility index (Phi) is 3.49. The van der Waals surface area contributed by atoms with E-state index in [9.17, 15) is 4.79 Å². The third kappa shape index (κ3) is 2.76. The summed E-state index contributed by atoms with van der Waals surface area (Å²) in [6, 6.07) is 6.27. The summed E-state index contributed by atoms with van der Waals surface area (Å²) in [5.74, 6) is 0.390. The zero-order valence-corrected chi connectivity index (χ0v) is 10.2. The Labute approximate surface area is 101 Å². The van der Waals surface area contributed by atoms with Gasteiger partial charge in [-0.1, -0.05) is 17.7 Å². The molecule has 0 spiro atoms. The van der Waals surface area contributed by atoms with Crippen molar-refractivity contribution in [3.63, 3.8) is 0 Å². The number of benzene rings is 1. The van der Waals surface area contributed by atoms with Crippen LogP contribution in [-0.2, 0) is 4.79 Å². The van der Waals surface area contributed by atoms with Crippen molar-refractivity contribution in [3.8, 4) is 0 Å². The molecular formula is C13H16ClNO. The highest BCUT2D eigenvalue weighted by Gasteiger charge is 2.18. The van der Waals surface area contributed by atoms with E-state index < -0.39 is 0 Å². The average Bonchev–Trinajstić information content (AvgIpc) is 2.27. The van der Waals surface area contributed by atoms with Crippen molar-refractivity contribution in [2.45, 2.75) is 38.6 Å². The predicted molar refractivity (Wildman–Crippen MR) is 67.1 cm³/mol. The normalized spacial score (nSPS) is 17.5. The quantitative estimate of drug-likeness (QED) is 0.852. The lowest BCUT2D eigenvalue weighted by Crippen LogP contribution is -2.26. The van der Waals surface area contributed by atoms with Crippen LogP contribution in [0.15, 0.2) is 18.2 Å². The number of carbonyl (C=O) groups excluding carboxylic acids is 1. The average molecular weight is 238 g/mol. The van der Waals surface area contributed by atoms with Crippen LogP contribution in [0.3, 0.4) is 0 Å². The minimum Gasteiger partial charge on any atom is -0.382 e. The van der Waals surface area contributed by atoms with Crippen LogP contribution in [0.25, 0.3) is 0 Å². The van der Waals surface area contributed by atoms with Crippen molar-refractivity contribution in [1.29, 1.82) is 0 Å². The van der Waals surface area contributed by atoms with Gasteiger partial charge < -0.3 is 5.32 Å². The highest BCUT2D eigenvalue weighted by atomic mass is 35.5. The van der Waals surface area contributed by atoms with E-state index in [2.05, 4.69) is 12.2 Å². The smallest absolute Gasteiger partial charge is 0.133 e. The number of anilines is 1. The highest BCUT2D eigenvalue weighted by molar-refractivity contribution is 6.30. The van der Waals surface area contributed by atoms with E-state index in [-0.39, 0.29) is 0 Å². The lowest BCUT2D eigenvalue weighted by atomic mass is 9.94. The third-order valence-corrected chi connectivity index (χ3v) is 3.34. The zero-order chi connectivity index (χ0) is 11.5. The van der Waals surface area contributed by atoms with E-state index in [1.165, 1.54) is 5.56 Å². The largest absolute Gasteiger partial charge is 0.382 e. The topological polar surface area (TPSA) is 29.1 Å². The molecule has 0 aromatic heterocycles. The molecule has 1 aromatic rings. The van der Waals surface area contributed by atoms with Crippen LogP contribution < -0.4 is 5.32 Å². The molecule has 86 valence electrons. The van der Waals surface area contributed by atoms with Crippen LogP contribution in [0.2, 0.25) is 5.02 Å². The second-order valence-electron chi connectivity index (χ2n) is 4.42. The minimum absolute atomic E-state index is 0.390. The number of aryl methyl sites for hydroxylation is 1. The summed E-state index contributed by atoms with van der Waals surface area (Å²) in [6.07, 6.45) is 3.28. The van der Waals surface area contributed by atoms with Crippen molar-refractivity contribution in [2.75, 3.05) is 5.32 Å². The Hall–Kier alpha value is -1.02. The molecule has 1 aliphatic rings. The zero-order valence-electron chi connectivity index (χ0n) is 9.42. The van der Waals surface area contributed by atoms with Crippen molar-refractivity contribution in [1.82, 2.24) is 0 Å². The molecule has 0 heterocycles. The molecule has 0 saturated heterocycles. The molecule has 3 heteroatoms. The fraction of sp³-hybridized carbons (Fsp3) is 0.462. The van der Waals surface area contributed by atoms with Crippen LogP contribution >= 0.6 is 11.6 Å². The van der Waals surface area contributed by atoms with Crippen LogP contribution in [0, 0.1) is 6.92 Å². The second-order valence-corrected chi connectivity index (χ2v) is 4.85. The standard InChI is InChI=1S/C13H16ClNO/c1-9-2-3-10(14)8-13(9)15-11-4-6-12(16)7-5-11/h2-3,8,11,15H,4-7H2,1H3. The Morgan fingerprint density at radius 1 is 1.31 bits per heavy atom. The van der Waals surface area contributed by atoms with Crippen LogP contribution in [0.5, 0.6) is 0 Å². The van der Waals surface area contributed by atoms with Crippen LogP contribution in [0.1, 0.15) is 31.2 Å². The summed E-state index contributed by atoms with van der Waals surface area (Å²) in [5, 5.41) is 4.22. The number of hydrogen-bond acceptors (Lipinski definition) is 2. The Balaban J connectivity index is 2.03. The number of hydrogen-bond donors (Lipinski definition) is 1. The first-order valence-electron chi connectivity index (χ1n) is 5.69. The first kappa shape index (κ1) is 11.5. The van der Waals surface area contributed by atoms with Gasteiger partial charge in [0.1, 0.15) is 5.78 Å². The van der Waals surface area contributed by atoms with Gasteiger partial charge in [0.15, 0.2) is 0 Å². The van der Waals surface area contributed by atoms with Crippen LogP contribution in [-0.4, -0.2) is 11.8 Å². The van der Waals surface area contributed by atoms with Gasteiger partial charge in [-0.25, -0.2) is 0 Å². The lowest BCUT2D eigenvalue weighted by molar-refractivity contribution is -0.120. The van der Waals surface area contributed by atoms with Gasteiger partial charge in [-0.2, -0.15) is 0 Å². The summed E-state index contributed by atoms with van der Waals surface area (Å²) in [6.45, 7) is 2.06. The molecule has 1 aliphatic carbocycles. The number of ketones is 1. The molecule has 0 bridgehead atoms.